The van der Waals surface area contributed by atoms with Gasteiger partial charge in [-0.25, -0.2) is 0 Å². The first-order valence-electron chi connectivity index (χ1n) is 8.27. The molecule has 0 saturated carbocycles. The lowest BCUT2D eigenvalue weighted by molar-refractivity contribution is 0.0701. The third-order valence-corrected chi connectivity index (χ3v) is 4.98. The molecule has 2 heterocycles. The summed E-state index contributed by atoms with van der Waals surface area (Å²) < 4.78 is 0. The van der Waals surface area contributed by atoms with Crippen LogP contribution in [-0.4, -0.2) is 61.2 Å². The summed E-state index contributed by atoms with van der Waals surface area (Å²) in [5.74, 6) is 0. The molecule has 19 heavy (non-hydrogen) atoms. The standard InChI is InChI=1S/C16H33N3/c1-5-9-17-14-11-15-6-7-16(12-14)19(15)13(2)8-10-18(3)4/h13-17H,5-12H2,1-4H3. The first kappa shape index (κ1) is 15.3. The quantitative estimate of drug-likeness (QED) is 0.764. The summed E-state index contributed by atoms with van der Waals surface area (Å²) in [7, 11) is 4.37. The van der Waals surface area contributed by atoms with Gasteiger partial charge in [0.2, 0.25) is 0 Å². The lowest BCUT2D eigenvalue weighted by atomic mass is 9.95. The molecule has 3 unspecified atom stereocenters. The van der Waals surface area contributed by atoms with Gasteiger partial charge in [0.15, 0.2) is 0 Å². The highest BCUT2D eigenvalue weighted by atomic mass is 15.3. The van der Waals surface area contributed by atoms with Crippen LogP contribution < -0.4 is 5.32 Å². The SMILES string of the molecule is CCCNC1CC2CCC(C1)N2C(C)CCN(C)C. The van der Waals surface area contributed by atoms with Gasteiger partial charge in [0.05, 0.1) is 0 Å². The fraction of sp³-hybridized carbons (Fsp3) is 1.00. The van der Waals surface area contributed by atoms with Crippen LogP contribution in [0.5, 0.6) is 0 Å². The molecule has 0 aliphatic carbocycles. The van der Waals surface area contributed by atoms with E-state index in [0.717, 1.165) is 24.2 Å². The largest absolute Gasteiger partial charge is 0.314 e. The van der Waals surface area contributed by atoms with Crippen LogP contribution in [0.25, 0.3) is 0 Å². The second-order valence-corrected chi connectivity index (χ2v) is 6.90. The van der Waals surface area contributed by atoms with Gasteiger partial charge in [-0.3, -0.25) is 4.90 Å². The number of hydrogen-bond acceptors (Lipinski definition) is 3. The summed E-state index contributed by atoms with van der Waals surface area (Å²) in [6.07, 6.45) is 8.19. The minimum atomic E-state index is 0.757. The van der Waals surface area contributed by atoms with Crippen molar-refractivity contribution in [1.29, 1.82) is 0 Å². The Morgan fingerprint density at radius 2 is 1.84 bits per heavy atom. The molecule has 3 nitrogen and oxygen atoms in total. The lowest BCUT2D eigenvalue weighted by Gasteiger charge is -2.43. The number of hydrogen-bond donors (Lipinski definition) is 1. The Balaban J connectivity index is 1.84. The first-order chi connectivity index (χ1) is 9.11. The zero-order valence-corrected chi connectivity index (χ0v) is 13.4. The van der Waals surface area contributed by atoms with Gasteiger partial charge >= 0.3 is 0 Å². The second-order valence-electron chi connectivity index (χ2n) is 6.90. The molecular weight excluding hydrogens is 234 g/mol. The van der Waals surface area contributed by atoms with E-state index < -0.39 is 0 Å². The fourth-order valence-electron chi connectivity index (χ4n) is 4.04. The number of nitrogens with one attached hydrogen (secondary N) is 1. The van der Waals surface area contributed by atoms with Crippen LogP contribution in [0, 0.1) is 0 Å². The Hall–Kier alpha value is -0.120. The zero-order valence-electron chi connectivity index (χ0n) is 13.4. The Kier molecular flexibility index (Phi) is 5.67. The summed E-state index contributed by atoms with van der Waals surface area (Å²) in [5.41, 5.74) is 0. The average Bonchev–Trinajstić information content (AvgIpc) is 2.65. The van der Waals surface area contributed by atoms with E-state index in [1.807, 2.05) is 0 Å². The van der Waals surface area contributed by atoms with Crippen LogP contribution in [0.15, 0.2) is 0 Å². The van der Waals surface area contributed by atoms with Crippen molar-refractivity contribution < 1.29 is 0 Å². The number of rotatable bonds is 7. The van der Waals surface area contributed by atoms with Gasteiger partial charge in [0.25, 0.3) is 0 Å². The minimum Gasteiger partial charge on any atom is -0.314 e. The molecule has 2 fully saturated rings. The third kappa shape index (κ3) is 3.93. The van der Waals surface area contributed by atoms with Crippen molar-refractivity contribution in [2.75, 3.05) is 27.2 Å². The van der Waals surface area contributed by atoms with E-state index in [1.165, 1.54) is 51.6 Å². The molecule has 2 aliphatic rings. The number of nitrogens with zero attached hydrogens (tertiary/aromatic N) is 2. The molecule has 0 radical (unpaired) electrons. The van der Waals surface area contributed by atoms with Crippen LogP contribution >= 0.6 is 0 Å². The maximum atomic E-state index is 3.75. The molecule has 0 aromatic rings. The van der Waals surface area contributed by atoms with E-state index in [2.05, 4.69) is 43.1 Å². The minimum absolute atomic E-state index is 0.757. The smallest absolute Gasteiger partial charge is 0.0116 e. The summed E-state index contributed by atoms with van der Waals surface area (Å²) >= 11 is 0. The maximum absolute atomic E-state index is 3.75. The molecule has 0 aromatic carbocycles. The van der Waals surface area contributed by atoms with Crippen molar-refractivity contribution in [3.8, 4) is 0 Å². The van der Waals surface area contributed by atoms with Gasteiger partial charge < -0.3 is 10.2 Å². The summed E-state index contributed by atoms with van der Waals surface area (Å²) in [6, 6.07) is 3.25. The van der Waals surface area contributed by atoms with Crippen molar-refractivity contribution in [2.45, 2.75) is 76.5 Å². The summed E-state index contributed by atoms with van der Waals surface area (Å²) in [6.45, 7) is 7.11. The summed E-state index contributed by atoms with van der Waals surface area (Å²) in [5, 5.41) is 3.75. The molecular formula is C16H33N3. The molecule has 3 atom stereocenters. The van der Waals surface area contributed by atoms with Crippen LogP contribution in [0.4, 0.5) is 0 Å². The van der Waals surface area contributed by atoms with Crippen molar-refractivity contribution in [2.24, 2.45) is 0 Å². The predicted molar refractivity (Wildman–Crippen MR) is 82.6 cm³/mol. The van der Waals surface area contributed by atoms with Crippen LogP contribution in [-0.2, 0) is 0 Å². The molecule has 1 N–H and O–H groups in total. The van der Waals surface area contributed by atoms with Gasteiger partial charge in [-0.15, -0.1) is 0 Å². The van der Waals surface area contributed by atoms with Crippen molar-refractivity contribution in [1.82, 2.24) is 15.1 Å². The predicted octanol–water partition coefficient (Wildman–Crippen LogP) is 2.32. The fourth-order valence-corrected chi connectivity index (χ4v) is 4.04. The molecule has 0 amide bonds. The van der Waals surface area contributed by atoms with E-state index in [-0.39, 0.29) is 0 Å². The van der Waals surface area contributed by atoms with Gasteiger partial charge in [-0.2, -0.15) is 0 Å². The maximum Gasteiger partial charge on any atom is 0.0116 e. The van der Waals surface area contributed by atoms with Gasteiger partial charge in [0, 0.05) is 24.2 Å². The second kappa shape index (κ2) is 7.05. The van der Waals surface area contributed by atoms with Gasteiger partial charge in [-0.05, 0) is 72.6 Å². The molecule has 0 spiro atoms. The topological polar surface area (TPSA) is 18.5 Å². The Labute approximate surface area is 119 Å². The normalized spacial score (nSPS) is 33.0. The van der Waals surface area contributed by atoms with Crippen LogP contribution in [0.1, 0.15) is 52.4 Å². The number of piperidine rings is 1. The molecule has 2 rings (SSSR count). The monoisotopic (exact) mass is 267 g/mol. The number of fused-ring (bicyclic) bond motifs is 2. The zero-order chi connectivity index (χ0) is 13.8. The Morgan fingerprint density at radius 1 is 1.21 bits per heavy atom. The van der Waals surface area contributed by atoms with Crippen LogP contribution in [0.3, 0.4) is 0 Å². The highest BCUT2D eigenvalue weighted by Crippen LogP contribution is 2.37. The third-order valence-electron chi connectivity index (χ3n) is 4.98. The first-order valence-corrected chi connectivity index (χ1v) is 8.27. The molecule has 2 saturated heterocycles. The average molecular weight is 267 g/mol. The molecule has 3 heteroatoms. The highest BCUT2D eigenvalue weighted by molar-refractivity contribution is 4.99. The Morgan fingerprint density at radius 3 is 2.37 bits per heavy atom. The van der Waals surface area contributed by atoms with E-state index in [9.17, 15) is 0 Å². The van der Waals surface area contributed by atoms with Crippen molar-refractivity contribution >= 4 is 0 Å². The van der Waals surface area contributed by atoms with E-state index in [0.29, 0.717) is 0 Å². The lowest BCUT2D eigenvalue weighted by Crippen LogP contribution is -2.52. The molecule has 2 bridgehead atoms. The van der Waals surface area contributed by atoms with Gasteiger partial charge in [-0.1, -0.05) is 6.92 Å². The van der Waals surface area contributed by atoms with Crippen molar-refractivity contribution in [3.05, 3.63) is 0 Å². The van der Waals surface area contributed by atoms with E-state index in [1.54, 1.807) is 0 Å². The summed E-state index contributed by atoms with van der Waals surface area (Å²) in [4.78, 5) is 5.17. The van der Waals surface area contributed by atoms with Crippen LogP contribution in [0.2, 0.25) is 0 Å². The highest BCUT2D eigenvalue weighted by Gasteiger charge is 2.42. The van der Waals surface area contributed by atoms with Crippen molar-refractivity contribution in [3.63, 3.8) is 0 Å². The molecule has 2 aliphatic heterocycles. The molecule has 0 aromatic heterocycles. The molecule has 112 valence electrons. The van der Waals surface area contributed by atoms with E-state index in [4.69, 9.17) is 0 Å². The Bertz CT molecular complexity index is 253. The van der Waals surface area contributed by atoms with Gasteiger partial charge in [0.1, 0.15) is 0 Å². The van der Waals surface area contributed by atoms with E-state index >= 15 is 0 Å².